The Hall–Kier alpha value is -1.19. The van der Waals surface area contributed by atoms with E-state index in [1.165, 1.54) is 5.56 Å². The molecule has 0 saturated carbocycles. The number of hydrogen-bond acceptors (Lipinski definition) is 3. The first-order chi connectivity index (χ1) is 7.25. The molecule has 0 saturated heterocycles. The molecule has 0 bridgehead atoms. The number of nitrogens with two attached hydrogens (primary N) is 1. The average molecular weight is 218 g/mol. The monoisotopic (exact) mass is 218 g/mol. The molecule has 0 spiro atoms. The highest BCUT2D eigenvalue weighted by Gasteiger charge is 2.08. The Kier molecular flexibility index (Phi) is 3.14. The molecule has 15 heavy (non-hydrogen) atoms. The molecule has 2 nitrogen and oxygen atoms in total. The van der Waals surface area contributed by atoms with Crippen LogP contribution in [0, 0.1) is 6.92 Å². The lowest BCUT2D eigenvalue weighted by Gasteiger charge is -2.09. The highest BCUT2D eigenvalue weighted by atomic mass is 32.1. The number of rotatable bonds is 3. The van der Waals surface area contributed by atoms with Crippen molar-refractivity contribution in [2.24, 2.45) is 5.73 Å². The number of thiazole rings is 1. The molecule has 2 rings (SSSR count). The van der Waals surface area contributed by atoms with Crippen LogP contribution in [0.15, 0.2) is 35.7 Å². The summed E-state index contributed by atoms with van der Waals surface area (Å²) in [6.45, 7) is 2.01. The number of hydrogen-bond donors (Lipinski definition) is 1. The second-order valence-electron chi connectivity index (χ2n) is 3.60. The van der Waals surface area contributed by atoms with Crippen LogP contribution in [0.2, 0.25) is 0 Å². The third-order valence-electron chi connectivity index (χ3n) is 2.29. The zero-order valence-corrected chi connectivity index (χ0v) is 9.50. The van der Waals surface area contributed by atoms with Crippen LogP contribution in [0.4, 0.5) is 0 Å². The molecule has 0 aliphatic heterocycles. The molecule has 0 amide bonds. The van der Waals surface area contributed by atoms with Gasteiger partial charge in [0, 0.05) is 23.5 Å². The zero-order chi connectivity index (χ0) is 10.7. The van der Waals surface area contributed by atoms with E-state index < -0.39 is 0 Å². The number of nitrogens with zero attached hydrogens (tertiary/aromatic N) is 1. The standard InChI is InChI=1S/C12H14N2S/c1-9-8-15-12(14-9)7-11(13)10-5-3-2-4-6-10/h2-6,8,11H,7,13H2,1H3. The van der Waals surface area contributed by atoms with E-state index in [0.717, 1.165) is 17.1 Å². The largest absolute Gasteiger partial charge is 0.324 e. The third-order valence-corrected chi connectivity index (χ3v) is 3.28. The average Bonchev–Trinajstić information content (AvgIpc) is 2.65. The van der Waals surface area contributed by atoms with Gasteiger partial charge in [-0.3, -0.25) is 0 Å². The first-order valence-corrected chi connectivity index (χ1v) is 5.85. The van der Waals surface area contributed by atoms with Crippen LogP contribution >= 0.6 is 11.3 Å². The fourth-order valence-electron chi connectivity index (χ4n) is 1.50. The van der Waals surface area contributed by atoms with E-state index in [2.05, 4.69) is 22.5 Å². The maximum Gasteiger partial charge on any atom is 0.0947 e. The molecule has 2 N–H and O–H groups in total. The van der Waals surface area contributed by atoms with Crippen LogP contribution in [-0.2, 0) is 6.42 Å². The molecule has 0 radical (unpaired) electrons. The molecule has 78 valence electrons. The van der Waals surface area contributed by atoms with Gasteiger partial charge >= 0.3 is 0 Å². The van der Waals surface area contributed by atoms with Gasteiger partial charge in [0.05, 0.1) is 5.01 Å². The van der Waals surface area contributed by atoms with Gasteiger partial charge in [-0.05, 0) is 12.5 Å². The summed E-state index contributed by atoms with van der Waals surface area (Å²) in [6.07, 6.45) is 0.822. The van der Waals surface area contributed by atoms with E-state index in [9.17, 15) is 0 Å². The van der Waals surface area contributed by atoms with E-state index >= 15 is 0 Å². The molecule has 1 heterocycles. The summed E-state index contributed by atoms with van der Waals surface area (Å²) in [4.78, 5) is 4.41. The lowest BCUT2D eigenvalue weighted by molar-refractivity contribution is 0.717. The predicted octanol–water partition coefficient (Wildman–Crippen LogP) is 2.69. The molecule has 0 fully saturated rings. The van der Waals surface area contributed by atoms with Gasteiger partial charge < -0.3 is 5.73 Å². The van der Waals surface area contributed by atoms with Crippen molar-refractivity contribution in [1.82, 2.24) is 4.98 Å². The van der Waals surface area contributed by atoms with Crippen molar-refractivity contribution in [3.05, 3.63) is 52.0 Å². The van der Waals surface area contributed by atoms with Crippen molar-refractivity contribution >= 4 is 11.3 Å². The Morgan fingerprint density at radius 3 is 2.67 bits per heavy atom. The van der Waals surface area contributed by atoms with Gasteiger partial charge in [0.1, 0.15) is 0 Å². The number of aromatic nitrogens is 1. The van der Waals surface area contributed by atoms with Gasteiger partial charge in [-0.15, -0.1) is 11.3 Å². The van der Waals surface area contributed by atoms with E-state index in [4.69, 9.17) is 5.73 Å². The third kappa shape index (κ3) is 2.64. The lowest BCUT2D eigenvalue weighted by Crippen LogP contribution is -2.12. The van der Waals surface area contributed by atoms with Crippen molar-refractivity contribution in [3.8, 4) is 0 Å². The van der Waals surface area contributed by atoms with Crippen LogP contribution in [-0.4, -0.2) is 4.98 Å². The maximum absolute atomic E-state index is 6.10. The minimum atomic E-state index is 0.0525. The number of benzene rings is 1. The van der Waals surface area contributed by atoms with Crippen molar-refractivity contribution in [1.29, 1.82) is 0 Å². The second kappa shape index (κ2) is 4.55. The molecule has 3 heteroatoms. The Balaban J connectivity index is 2.07. The Morgan fingerprint density at radius 1 is 1.33 bits per heavy atom. The fraction of sp³-hybridized carbons (Fsp3) is 0.250. The minimum Gasteiger partial charge on any atom is -0.324 e. The van der Waals surface area contributed by atoms with E-state index in [1.54, 1.807) is 11.3 Å². The summed E-state index contributed by atoms with van der Waals surface area (Å²) < 4.78 is 0. The van der Waals surface area contributed by atoms with Gasteiger partial charge in [0.2, 0.25) is 0 Å². The molecule has 0 aliphatic carbocycles. The summed E-state index contributed by atoms with van der Waals surface area (Å²) >= 11 is 1.68. The first kappa shape index (κ1) is 10.3. The Labute approximate surface area is 93.8 Å². The van der Waals surface area contributed by atoms with Gasteiger partial charge in [0.15, 0.2) is 0 Å². The second-order valence-corrected chi connectivity index (χ2v) is 4.55. The van der Waals surface area contributed by atoms with Crippen LogP contribution in [0.5, 0.6) is 0 Å². The SMILES string of the molecule is Cc1csc(CC(N)c2ccccc2)n1. The van der Waals surface area contributed by atoms with Crippen LogP contribution in [0.25, 0.3) is 0 Å². The van der Waals surface area contributed by atoms with Gasteiger partial charge in [-0.25, -0.2) is 4.98 Å². The van der Waals surface area contributed by atoms with E-state index in [-0.39, 0.29) is 6.04 Å². The normalized spacial score (nSPS) is 12.7. The van der Waals surface area contributed by atoms with Crippen molar-refractivity contribution in [2.45, 2.75) is 19.4 Å². The maximum atomic E-state index is 6.10. The highest BCUT2D eigenvalue weighted by molar-refractivity contribution is 7.09. The molecule has 0 aliphatic rings. The zero-order valence-electron chi connectivity index (χ0n) is 8.68. The molecule has 1 atom stereocenters. The topological polar surface area (TPSA) is 38.9 Å². The molecule has 2 aromatic rings. The first-order valence-electron chi connectivity index (χ1n) is 4.97. The van der Waals surface area contributed by atoms with Crippen LogP contribution in [0.3, 0.4) is 0 Å². The van der Waals surface area contributed by atoms with Gasteiger partial charge in [0.25, 0.3) is 0 Å². The summed E-state index contributed by atoms with van der Waals surface area (Å²) in [5.41, 5.74) is 8.35. The molecule has 1 aromatic carbocycles. The fourth-order valence-corrected chi connectivity index (χ4v) is 2.33. The molecular formula is C12H14N2S. The smallest absolute Gasteiger partial charge is 0.0947 e. The Morgan fingerprint density at radius 2 is 2.07 bits per heavy atom. The minimum absolute atomic E-state index is 0.0525. The molecule has 1 aromatic heterocycles. The molecular weight excluding hydrogens is 204 g/mol. The quantitative estimate of drug-likeness (QED) is 0.860. The summed E-state index contributed by atoms with van der Waals surface area (Å²) in [7, 11) is 0. The highest BCUT2D eigenvalue weighted by Crippen LogP contribution is 2.18. The predicted molar refractivity (Wildman–Crippen MR) is 63.9 cm³/mol. The van der Waals surface area contributed by atoms with Crippen LogP contribution in [0.1, 0.15) is 22.3 Å². The van der Waals surface area contributed by atoms with Crippen molar-refractivity contribution in [2.75, 3.05) is 0 Å². The van der Waals surface area contributed by atoms with Crippen LogP contribution < -0.4 is 5.73 Å². The van der Waals surface area contributed by atoms with Gasteiger partial charge in [-0.2, -0.15) is 0 Å². The van der Waals surface area contributed by atoms with E-state index in [0.29, 0.717) is 0 Å². The van der Waals surface area contributed by atoms with Gasteiger partial charge in [-0.1, -0.05) is 30.3 Å². The summed E-state index contributed by atoms with van der Waals surface area (Å²) in [5.74, 6) is 0. The van der Waals surface area contributed by atoms with Crippen molar-refractivity contribution in [3.63, 3.8) is 0 Å². The van der Waals surface area contributed by atoms with Crippen molar-refractivity contribution < 1.29 is 0 Å². The van der Waals surface area contributed by atoms with E-state index in [1.807, 2.05) is 25.1 Å². The summed E-state index contributed by atoms with van der Waals surface area (Å²) in [5, 5.41) is 3.18. The lowest BCUT2D eigenvalue weighted by atomic mass is 10.1. The summed E-state index contributed by atoms with van der Waals surface area (Å²) in [6, 6.07) is 10.2. The number of aryl methyl sites for hydroxylation is 1. The molecule has 1 unspecified atom stereocenters. The Bertz CT molecular complexity index is 422.